The molecule has 0 aliphatic heterocycles. The lowest BCUT2D eigenvalue weighted by molar-refractivity contribution is 0.443. The van der Waals surface area contributed by atoms with E-state index in [0.717, 1.165) is 5.56 Å². The van der Waals surface area contributed by atoms with Crippen LogP contribution in [0, 0.1) is 6.92 Å². The predicted octanol–water partition coefficient (Wildman–Crippen LogP) is 5.50. The largest absolute Gasteiger partial charge is 0.279 e. The quantitative estimate of drug-likeness (QED) is 0.779. The van der Waals surface area contributed by atoms with Crippen LogP contribution in [0.1, 0.15) is 49.1 Å². The lowest BCUT2D eigenvalue weighted by Gasteiger charge is -2.22. The van der Waals surface area contributed by atoms with Crippen molar-refractivity contribution in [1.29, 1.82) is 0 Å². The topological polar surface area (TPSA) is 46.2 Å². The summed E-state index contributed by atoms with van der Waals surface area (Å²) in [5.74, 6) is 0.568. The Balaban J connectivity index is 1.80. The van der Waals surface area contributed by atoms with Crippen LogP contribution < -0.4 is 4.72 Å². The van der Waals surface area contributed by atoms with E-state index in [-0.39, 0.29) is 4.90 Å². The minimum absolute atomic E-state index is 0.279. The van der Waals surface area contributed by atoms with Gasteiger partial charge in [0.15, 0.2) is 0 Å². The van der Waals surface area contributed by atoms with Crippen molar-refractivity contribution in [3.63, 3.8) is 0 Å². The maximum atomic E-state index is 12.6. The molecule has 1 saturated carbocycles. The van der Waals surface area contributed by atoms with E-state index in [4.69, 9.17) is 11.6 Å². The van der Waals surface area contributed by atoms with Gasteiger partial charge in [-0.05, 0) is 61.1 Å². The van der Waals surface area contributed by atoms with Crippen LogP contribution in [-0.2, 0) is 10.0 Å². The third-order valence-corrected chi connectivity index (χ3v) is 6.33. The number of halogens is 1. The molecule has 0 radical (unpaired) electrons. The third kappa shape index (κ3) is 3.93. The highest BCUT2D eigenvalue weighted by atomic mass is 35.5. The van der Waals surface area contributed by atoms with Crippen LogP contribution in [0.4, 0.5) is 5.69 Å². The Kier molecular flexibility index (Phi) is 5.16. The first kappa shape index (κ1) is 17.3. The molecular formula is C19H22ClNO2S. The molecule has 0 bridgehead atoms. The molecule has 1 fully saturated rings. The van der Waals surface area contributed by atoms with Crippen molar-refractivity contribution in [2.45, 2.75) is 49.8 Å². The smallest absolute Gasteiger partial charge is 0.261 e. The summed E-state index contributed by atoms with van der Waals surface area (Å²) >= 11 is 5.96. The molecule has 2 aromatic rings. The molecule has 1 aliphatic carbocycles. The minimum Gasteiger partial charge on any atom is -0.279 e. The molecule has 3 nitrogen and oxygen atoms in total. The molecule has 3 rings (SSSR count). The van der Waals surface area contributed by atoms with Gasteiger partial charge in [0.25, 0.3) is 10.0 Å². The molecule has 1 aliphatic rings. The minimum atomic E-state index is -3.61. The van der Waals surface area contributed by atoms with Crippen LogP contribution in [0.15, 0.2) is 47.4 Å². The molecule has 2 aromatic carbocycles. The van der Waals surface area contributed by atoms with E-state index in [9.17, 15) is 8.42 Å². The van der Waals surface area contributed by atoms with Gasteiger partial charge in [0, 0.05) is 5.02 Å². The van der Waals surface area contributed by atoms with Crippen LogP contribution in [0.5, 0.6) is 0 Å². The summed E-state index contributed by atoms with van der Waals surface area (Å²) in [5, 5.41) is 0.506. The Morgan fingerprint density at radius 1 is 1.00 bits per heavy atom. The van der Waals surface area contributed by atoms with Crippen molar-refractivity contribution in [3.8, 4) is 0 Å². The van der Waals surface area contributed by atoms with Crippen LogP contribution in [0.25, 0.3) is 0 Å². The maximum Gasteiger partial charge on any atom is 0.261 e. The van der Waals surface area contributed by atoms with Crippen molar-refractivity contribution < 1.29 is 8.42 Å². The summed E-state index contributed by atoms with van der Waals surface area (Å²) in [6.07, 6.45) is 6.24. The summed E-state index contributed by atoms with van der Waals surface area (Å²) in [7, 11) is -3.61. The first-order valence-electron chi connectivity index (χ1n) is 8.35. The number of nitrogens with one attached hydrogen (secondary N) is 1. The molecule has 128 valence electrons. The van der Waals surface area contributed by atoms with Gasteiger partial charge < -0.3 is 0 Å². The summed E-state index contributed by atoms with van der Waals surface area (Å²) in [6.45, 7) is 1.85. The Morgan fingerprint density at radius 3 is 2.33 bits per heavy atom. The first-order chi connectivity index (χ1) is 11.5. The summed E-state index contributed by atoms with van der Waals surface area (Å²) in [6, 6.07) is 12.5. The molecule has 0 aromatic heterocycles. The number of rotatable bonds is 4. The molecule has 0 unspecified atom stereocenters. The first-order valence-corrected chi connectivity index (χ1v) is 10.2. The van der Waals surface area contributed by atoms with Gasteiger partial charge in [-0.2, -0.15) is 0 Å². The van der Waals surface area contributed by atoms with Crippen LogP contribution >= 0.6 is 11.6 Å². The fourth-order valence-corrected chi connectivity index (χ4v) is 4.56. The van der Waals surface area contributed by atoms with E-state index in [1.807, 2.05) is 19.1 Å². The predicted molar refractivity (Wildman–Crippen MR) is 99.3 cm³/mol. The fraction of sp³-hybridized carbons (Fsp3) is 0.368. The summed E-state index contributed by atoms with van der Waals surface area (Å²) in [4.78, 5) is 0.279. The molecule has 5 heteroatoms. The van der Waals surface area contributed by atoms with E-state index in [0.29, 0.717) is 16.6 Å². The van der Waals surface area contributed by atoms with Gasteiger partial charge in [-0.1, -0.05) is 49.1 Å². The van der Waals surface area contributed by atoms with E-state index in [2.05, 4.69) is 4.72 Å². The average Bonchev–Trinajstić information content (AvgIpc) is 2.59. The molecule has 0 heterocycles. The van der Waals surface area contributed by atoms with Crippen molar-refractivity contribution in [2.75, 3.05) is 4.72 Å². The van der Waals surface area contributed by atoms with Crippen molar-refractivity contribution in [2.24, 2.45) is 0 Å². The van der Waals surface area contributed by atoms with Crippen LogP contribution in [0.3, 0.4) is 0 Å². The van der Waals surface area contributed by atoms with E-state index in [1.165, 1.54) is 37.7 Å². The second kappa shape index (κ2) is 7.16. The van der Waals surface area contributed by atoms with Crippen LogP contribution in [0.2, 0.25) is 5.02 Å². The highest BCUT2D eigenvalue weighted by Crippen LogP contribution is 2.33. The molecule has 0 amide bonds. The van der Waals surface area contributed by atoms with E-state index >= 15 is 0 Å². The number of anilines is 1. The van der Waals surface area contributed by atoms with Gasteiger partial charge in [-0.15, -0.1) is 0 Å². The molecule has 1 N–H and O–H groups in total. The molecular weight excluding hydrogens is 342 g/mol. The zero-order valence-corrected chi connectivity index (χ0v) is 15.3. The summed E-state index contributed by atoms with van der Waals surface area (Å²) in [5.41, 5.74) is 2.59. The highest BCUT2D eigenvalue weighted by Gasteiger charge is 2.18. The van der Waals surface area contributed by atoms with Crippen molar-refractivity contribution in [1.82, 2.24) is 0 Å². The molecule has 0 spiro atoms. The van der Waals surface area contributed by atoms with Gasteiger partial charge in [0.05, 0.1) is 10.6 Å². The Hall–Kier alpha value is -1.52. The zero-order valence-electron chi connectivity index (χ0n) is 13.8. The van der Waals surface area contributed by atoms with Gasteiger partial charge >= 0.3 is 0 Å². The zero-order chi connectivity index (χ0) is 17.2. The average molecular weight is 364 g/mol. The number of benzene rings is 2. The number of hydrogen-bond donors (Lipinski definition) is 1. The summed E-state index contributed by atoms with van der Waals surface area (Å²) < 4.78 is 27.8. The van der Waals surface area contributed by atoms with Crippen molar-refractivity contribution in [3.05, 3.63) is 58.6 Å². The van der Waals surface area contributed by atoms with Gasteiger partial charge in [0.1, 0.15) is 0 Å². The van der Waals surface area contributed by atoms with Crippen LogP contribution in [-0.4, -0.2) is 8.42 Å². The lowest BCUT2D eigenvalue weighted by Crippen LogP contribution is -2.14. The Morgan fingerprint density at radius 2 is 1.67 bits per heavy atom. The maximum absolute atomic E-state index is 12.6. The molecule has 24 heavy (non-hydrogen) atoms. The second-order valence-electron chi connectivity index (χ2n) is 6.47. The Labute approximate surface area is 149 Å². The van der Waals surface area contributed by atoms with Crippen molar-refractivity contribution >= 4 is 27.3 Å². The van der Waals surface area contributed by atoms with Gasteiger partial charge in [-0.3, -0.25) is 4.72 Å². The normalized spacial score (nSPS) is 16.1. The standard InChI is InChI=1S/C19H22ClNO2S/c1-14-7-10-17(20)13-19(14)21-24(22,23)18-11-8-16(9-12-18)15-5-3-2-4-6-15/h7-13,15,21H,2-6H2,1H3. The van der Waals surface area contributed by atoms with Gasteiger partial charge in [0.2, 0.25) is 0 Å². The lowest BCUT2D eigenvalue weighted by atomic mass is 9.84. The number of aryl methyl sites for hydroxylation is 1. The second-order valence-corrected chi connectivity index (χ2v) is 8.59. The highest BCUT2D eigenvalue weighted by molar-refractivity contribution is 7.92. The number of hydrogen-bond acceptors (Lipinski definition) is 2. The third-order valence-electron chi connectivity index (χ3n) is 4.71. The fourth-order valence-electron chi connectivity index (χ4n) is 3.26. The number of sulfonamides is 1. The molecule has 0 saturated heterocycles. The Bertz CT molecular complexity index is 810. The van der Waals surface area contributed by atoms with E-state index < -0.39 is 10.0 Å². The van der Waals surface area contributed by atoms with Gasteiger partial charge in [-0.25, -0.2) is 8.42 Å². The SMILES string of the molecule is Cc1ccc(Cl)cc1NS(=O)(=O)c1ccc(C2CCCCC2)cc1. The monoisotopic (exact) mass is 363 g/mol. The molecule has 0 atom stereocenters. The van der Waals surface area contributed by atoms with E-state index in [1.54, 1.807) is 30.3 Å².